The summed E-state index contributed by atoms with van der Waals surface area (Å²) in [5, 5.41) is 0.0274. The second-order valence-electron chi connectivity index (χ2n) is 10.1. The molecule has 218 valence electrons. The maximum atomic E-state index is 12.1. The van der Waals surface area contributed by atoms with Gasteiger partial charge in [-0.25, -0.2) is 18.4 Å². The lowest BCUT2D eigenvalue weighted by Crippen LogP contribution is -2.22. The van der Waals surface area contributed by atoms with Crippen LogP contribution in [0.5, 0.6) is 23.0 Å². The zero-order valence-corrected chi connectivity index (χ0v) is 25.2. The number of sulfone groups is 1. The third kappa shape index (κ3) is 6.33. The molecule has 0 aliphatic heterocycles. The van der Waals surface area contributed by atoms with E-state index in [9.17, 15) is 8.42 Å². The van der Waals surface area contributed by atoms with Crippen LogP contribution in [0.2, 0.25) is 0 Å². The van der Waals surface area contributed by atoms with Crippen LogP contribution in [0, 0.1) is 0 Å². The summed E-state index contributed by atoms with van der Waals surface area (Å²) in [4.78, 5) is 11.2. The second kappa shape index (κ2) is 12.1. The van der Waals surface area contributed by atoms with E-state index in [0.717, 1.165) is 51.2 Å². The molecule has 5 aromatic rings. The van der Waals surface area contributed by atoms with E-state index < -0.39 is 9.84 Å². The average molecular weight is 587 g/mol. The molecule has 9 nitrogen and oxygen atoms in total. The number of anilines is 1. The third-order valence-corrected chi connectivity index (χ3v) is 8.08. The molecule has 0 atom stereocenters. The predicted molar refractivity (Wildman–Crippen MR) is 163 cm³/mol. The summed E-state index contributed by atoms with van der Waals surface area (Å²) in [5.41, 5.74) is 5.60. The molecule has 0 aliphatic carbocycles. The topological polar surface area (TPSA) is 95.8 Å². The first-order chi connectivity index (χ1) is 20.2. The van der Waals surface area contributed by atoms with Crippen LogP contribution in [-0.2, 0) is 36.4 Å². The first-order valence-corrected chi connectivity index (χ1v) is 15.4. The number of ether oxygens (including phenoxy) is 3. The van der Waals surface area contributed by atoms with E-state index >= 15 is 0 Å². The summed E-state index contributed by atoms with van der Waals surface area (Å²) in [7, 11) is 1.82. The van der Waals surface area contributed by atoms with Gasteiger partial charge in [0, 0.05) is 38.5 Å². The van der Waals surface area contributed by atoms with Gasteiger partial charge in [0.1, 0.15) is 28.5 Å². The SMILES string of the molecule is CCc1cc(S(C)(=O)=O)ncc1Oc1cc(N(Cc2ccc(OC)cc2)Cc2ccc(OC)cc2)c2ncn(C)c2c1. The number of fused-ring (bicyclic) bond motifs is 1. The van der Waals surface area contributed by atoms with Gasteiger partial charge in [-0.15, -0.1) is 0 Å². The number of benzene rings is 3. The highest BCUT2D eigenvalue weighted by Gasteiger charge is 2.19. The number of imidazole rings is 1. The second-order valence-corrected chi connectivity index (χ2v) is 12.0. The highest BCUT2D eigenvalue weighted by molar-refractivity contribution is 7.90. The van der Waals surface area contributed by atoms with Crippen molar-refractivity contribution in [2.24, 2.45) is 7.05 Å². The van der Waals surface area contributed by atoms with Crippen LogP contribution in [0.25, 0.3) is 11.0 Å². The first kappa shape index (κ1) is 28.9. The minimum atomic E-state index is -3.44. The van der Waals surface area contributed by atoms with Crippen molar-refractivity contribution in [1.82, 2.24) is 14.5 Å². The molecule has 3 aromatic carbocycles. The number of nitrogens with zero attached hydrogens (tertiary/aromatic N) is 4. The van der Waals surface area contributed by atoms with E-state index in [4.69, 9.17) is 19.2 Å². The molecule has 0 saturated carbocycles. The zero-order chi connectivity index (χ0) is 29.9. The van der Waals surface area contributed by atoms with Crippen LogP contribution < -0.4 is 19.1 Å². The lowest BCUT2D eigenvalue weighted by Gasteiger charge is -2.26. The number of methoxy groups -OCH3 is 2. The van der Waals surface area contributed by atoms with Crippen molar-refractivity contribution in [3.8, 4) is 23.0 Å². The Kier molecular flexibility index (Phi) is 8.35. The summed E-state index contributed by atoms with van der Waals surface area (Å²) in [6, 6.07) is 21.5. The summed E-state index contributed by atoms with van der Waals surface area (Å²) in [6.07, 6.45) is 5.01. The molecular formula is C32H34N4O5S. The van der Waals surface area contributed by atoms with E-state index in [1.54, 1.807) is 26.6 Å². The molecule has 0 radical (unpaired) electrons. The normalized spacial score (nSPS) is 11.5. The van der Waals surface area contributed by atoms with Crippen LogP contribution in [-0.4, -0.2) is 43.4 Å². The highest BCUT2D eigenvalue weighted by Crippen LogP contribution is 2.36. The molecule has 0 bridgehead atoms. The van der Waals surface area contributed by atoms with Gasteiger partial charge in [0.15, 0.2) is 14.9 Å². The van der Waals surface area contributed by atoms with E-state index in [0.29, 0.717) is 31.0 Å². The molecule has 2 aromatic heterocycles. The largest absolute Gasteiger partial charge is 0.497 e. The van der Waals surface area contributed by atoms with Crippen LogP contribution in [0.3, 0.4) is 0 Å². The van der Waals surface area contributed by atoms with E-state index in [2.05, 4.69) is 34.1 Å². The standard InChI is InChI=1S/C32H34N4O5S/c1-6-24-15-31(42(5,37)38)33-18-30(24)41-27-16-28-32(34-21-35(28)2)29(17-27)36(19-22-7-11-25(39-3)12-8-22)20-23-9-13-26(40-4)14-10-23/h7-18,21H,6,19-20H2,1-5H3. The molecule has 0 fully saturated rings. The van der Waals surface area contributed by atoms with Crippen LogP contribution in [0.4, 0.5) is 5.69 Å². The van der Waals surface area contributed by atoms with Gasteiger partial charge in [0.2, 0.25) is 0 Å². The van der Waals surface area contributed by atoms with Gasteiger partial charge < -0.3 is 23.7 Å². The summed E-state index contributed by atoms with van der Waals surface area (Å²) in [5.74, 6) is 2.70. The minimum absolute atomic E-state index is 0.0274. The van der Waals surface area contributed by atoms with Crippen LogP contribution >= 0.6 is 0 Å². The van der Waals surface area contributed by atoms with Gasteiger partial charge in [-0.3, -0.25) is 0 Å². The first-order valence-electron chi connectivity index (χ1n) is 13.5. The maximum Gasteiger partial charge on any atom is 0.192 e. The minimum Gasteiger partial charge on any atom is -0.497 e. The number of aryl methyl sites for hydroxylation is 2. The van der Waals surface area contributed by atoms with Gasteiger partial charge in [0.25, 0.3) is 0 Å². The fourth-order valence-electron chi connectivity index (χ4n) is 4.78. The maximum absolute atomic E-state index is 12.1. The van der Waals surface area contributed by atoms with Gasteiger partial charge in [-0.2, -0.15) is 0 Å². The van der Waals surface area contributed by atoms with E-state index in [1.807, 2.05) is 54.9 Å². The van der Waals surface area contributed by atoms with Gasteiger partial charge >= 0.3 is 0 Å². The fourth-order valence-corrected chi connectivity index (χ4v) is 5.38. The molecule has 0 aliphatic rings. The fraction of sp³-hybridized carbons (Fsp3) is 0.250. The Hall–Kier alpha value is -4.57. The monoisotopic (exact) mass is 586 g/mol. The number of rotatable bonds is 11. The highest BCUT2D eigenvalue weighted by atomic mass is 32.2. The lowest BCUT2D eigenvalue weighted by molar-refractivity contribution is 0.414. The Morgan fingerprint density at radius 3 is 1.95 bits per heavy atom. The quantitative estimate of drug-likeness (QED) is 0.187. The van der Waals surface area contributed by atoms with Crippen molar-refractivity contribution >= 4 is 26.6 Å². The molecular weight excluding hydrogens is 552 g/mol. The van der Waals surface area contributed by atoms with E-state index in [1.165, 1.54) is 6.20 Å². The Morgan fingerprint density at radius 2 is 1.43 bits per heavy atom. The van der Waals surface area contributed by atoms with Gasteiger partial charge in [0.05, 0.1) is 37.9 Å². The van der Waals surface area contributed by atoms with Gasteiger partial charge in [-0.05, 0) is 53.4 Å². The number of hydrogen-bond acceptors (Lipinski definition) is 8. The van der Waals surface area contributed by atoms with Crippen molar-refractivity contribution in [2.45, 2.75) is 31.5 Å². The predicted octanol–water partition coefficient (Wildman–Crippen LogP) is 5.95. The van der Waals surface area contributed by atoms with Crippen molar-refractivity contribution in [1.29, 1.82) is 0 Å². The molecule has 10 heteroatoms. The molecule has 0 spiro atoms. The molecule has 0 saturated heterocycles. The van der Waals surface area contributed by atoms with E-state index in [-0.39, 0.29) is 5.03 Å². The summed E-state index contributed by atoms with van der Waals surface area (Å²) < 4.78 is 43.2. The molecule has 2 heterocycles. The van der Waals surface area contributed by atoms with Gasteiger partial charge in [-0.1, -0.05) is 31.2 Å². The van der Waals surface area contributed by atoms with Crippen molar-refractivity contribution in [2.75, 3.05) is 25.4 Å². The summed E-state index contributed by atoms with van der Waals surface area (Å²) >= 11 is 0. The number of aromatic nitrogens is 3. The number of hydrogen-bond donors (Lipinski definition) is 0. The Bertz CT molecular complexity index is 1750. The molecule has 0 N–H and O–H groups in total. The Balaban J connectivity index is 1.58. The molecule has 5 rings (SSSR count). The lowest BCUT2D eigenvalue weighted by atomic mass is 10.1. The Morgan fingerprint density at radius 1 is 0.833 bits per heavy atom. The van der Waals surface area contributed by atoms with Crippen LogP contribution in [0.1, 0.15) is 23.6 Å². The molecule has 0 amide bonds. The zero-order valence-electron chi connectivity index (χ0n) is 24.4. The van der Waals surface area contributed by atoms with Crippen molar-refractivity contribution < 1.29 is 22.6 Å². The van der Waals surface area contributed by atoms with Crippen molar-refractivity contribution in [3.05, 3.63) is 95.9 Å². The molecule has 0 unspecified atom stereocenters. The summed E-state index contributed by atoms with van der Waals surface area (Å²) in [6.45, 7) is 3.17. The molecule has 42 heavy (non-hydrogen) atoms. The van der Waals surface area contributed by atoms with Crippen molar-refractivity contribution in [3.63, 3.8) is 0 Å². The average Bonchev–Trinajstić information content (AvgIpc) is 3.37. The Labute approximate surface area is 246 Å². The number of pyridine rings is 1. The third-order valence-electron chi connectivity index (χ3n) is 7.10. The van der Waals surface area contributed by atoms with Crippen LogP contribution in [0.15, 0.2) is 84.3 Å². The smallest absolute Gasteiger partial charge is 0.192 e.